The van der Waals surface area contributed by atoms with E-state index in [-0.39, 0.29) is 11.8 Å². The largest absolute Gasteiger partial charge is 0.390 e. The van der Waals surface area contributed by atoms with Crippen molar-refractivity contribution >= 4 is 28.5 Å². The summed E-state index contributed by atoms with van der Waals surface area (Å²) in [7, 11) is 1.72. The molecule has 0 radical (unpaired) electrons. The van der Waals surface area contributed by atoms with E-state index in [0.717, 1.165) is 9.13 Å². The van der Waals surface area contributed by atoms with Gasteiger partial charge in [0.2, 0.25) is 5.91 Å². The van der Waals surface area contributed by atoms with Gasteiger partial charge < -0.3 is 10.0 Å². The Kier molecular flexibility index (Phi) is 2.97. The highest BCUT2D eigenvalue weighted by molar-refractivity contribution is 14.1. The van der Waals surface area contributed by atoms with Crippen LogP contribution in [0.1, 0.15) is 11.5 Å². The topological polar surface area (TPSA) is 40.5 Å². The molecule has 1 heterocycles. The molecule has 1 saturated heterocycles. The molecule has 0 saturated carbocycles. The fourth-order valence-electron chi connectivity index (χ4n) is 1.95. The fourth-order valence-corrected chi connectivity index (χ4v) is 2.67. The molecule has 0 bridgehead atoms. The van der Waals surface area contributed by atoms with Crippen molar-refractivity contribution in [2.45, 2.75) is 12.0 Å². The summed E-state index contributed by atoms with van der Waals surface area (Å²) >= 11 is 2.20. The summed E-state index contributed by atoms with van der Waals surface area (Å²) in [6.07, 6.45) is -0.585. The van der Waals surface area contributed by atoms with Crippen LogP contribution in [0.2, 0.25) is 0 Å². The number of likely N-dealkylation sites (N-methyl/N-ethyl adjacent to an activating group) is 1. The van der Waals surface area contributed by atoms with Crippen molar-refractivity contribution in [3.05, 3.63) is 33.4 Å². The Morgan fingerprint density at radius 1 is 1.47 bits per heavy atom. The molecule has 0 spiro atoms. The van der Waals surface area contributed by atoms with Crippen LogP contribution in [0, 0.1) is 3.57 Å². The Labute approximate surface area is 102 Å². The zero-order valence-corrected chi connectivity index (χ0v) is 10.5. The van der Waals surface area contributed by atoms with Crippen molar-refractivity contribution in [3.63, 3.8) is 0 Å². The molecule has 80 valence electrons. The normalized spacial score (nSPS) is 26.1. The van der Waals surface area contributed by atoms with E-state index in [4.69, 9.17) is 0 Å². The van der Waals surface area contributed by atoms with Crippen LogP contribution in [-0.2, 0) is 4.79 Å². The smallest absolute Gasteiger partial charge is 0.232 e. The zero-order valence-electron chi connectivity index (χ0n) is 8.35. The lowest BCUT2D eigenvalue weighted by molar-refractivity contribution is -0.128. The van der Waals surface area contributed by atoms with E-state index in [0.29, 0.717) is 6.54 Å². The maximum absolute atomic E-state index is 11.8. The Morgan fingerprint density at radius 3 is 2.67 bits per heavy atom. The number of halogens is 1. The molecule has 1 aliphatic rings. The maximum atomic E-state index is 11.8. The first-order valence-corrected chi connectivity index (χ1v) is 5.86. The Bertz CT molecular complexity index is 394. The monoisotopic (exact) mass is 317 g/mol. The third kappa shape index (κ3) is 1.88. The lowest BCUT2D eigenvalue weighted by Crippen LogP contribution is -2.22. The van der Waals surface area contributed by atoms with Crippen molar-refractivity contribution in [1.29, 1.82) is 0 Å². The number of aliphatic hydroxyl groups is 1. The van der Waals surface area contributed by atoms with Gasteiger partial charge in [0.25, 0.3) is 0 Å². The fraction of sp³-hybridized carbons (Fsp3) is 0.364. The first kappa shape index (κ1) is 10.9. The van der Waals surface area contributed by atoms with Crippen molar-refractivity contribution in [2.24, 2.45) is 0 Å². The molecule has 3 nitrogen and oxygen atoms in total. The molecule has 0 aliphatic carbocycles. The molecular formula is C11H12INO2. The van der Waals surface area contributed by atoms with E-state index >= 15 is 0 Å². The summed E-state index contributed by atoms with van der Waals surface area (Å²) in [5.74, 6) is -0.380. The summed E-state index contributed by atoms with van der Waals surface area (Å²) in [5, 5.41) is 9.84. The molecule has 0 aromatic heterocycles. The molecule has 1 fully saturated rings. The third-order valence-corrected chi connectivity index (χ3v) is 3.71. The minimum absolute atomic E-state index is 0.00613. The number of rotatable bonds is 1. The second-order valence-electron chi connectivity index (χ2n) is 3.79. The van der Waals surface area contributed by atoms with Crippen LogP contribution in [0.25, 0.3) is 0 Å². The molecule has 1 aromatic carbocycles. The average molecular weight is 317 g/mol. The Hall–Kier alpha value is -0.620. The van der Waals surface area contributed by atoms with Crippen LogP contribution in [0.4, 0.5) is 0 Å². The third-order valence-electron chi connectivity index (χ3n) is 2.73. The lowest BCUT2D eigenvalue weighted by Gasteiger charge is -2.13. The minimum atomic E-state index is -0.585. The average Bonchev–Trinajstić information content (AvgIpc) is 2.43. The molecule has 1 N–H and O–H groups in total. The number of likely N-dealkylation sites (tertiary alicyclic amines) is 1. The first-order chi connectivity index (χ1) is 7.11. The van der Waals surface area contributed by atoms with E-state index in [1.54, 1.807) is 11.9 Å². The first-order valence-electron chi connectivity index (χ1n) is 4.78. The van der Waals surface area contributed by atoms with Crippen LogP contribution in [0.15, 0.2) is 24.3 Å². The molecular weight excluding hydrogens is 305 g/mol. The van der Waals surface area contributed by atoms with Gasteiger partial charge in [0.15, 0.2) is 0 Å². The standard InChI is InChI=1S/C11H12INO2/c1-13-6-9(14)10(11(13)15)7-4-2-3-5-8(7)12/h2-5,9-10,14H,6H2,1H3. The predicted molar refractivity (Wildman–Crippen MR) is 65.5 cm³/mol. The maximum Gasteiger partial charge on any atom is 0.232 e. The van der Waals surface area contributed by atoms with Crippen LogP contribution >= 0.6 is 22.6 Å². The zero-order chi connectivity index (χ0) is 11.0. The Balaban J connectivity index is 2.39. The van der Waals surface area contributed by atoms with Gasteiger partial charge in [0.1, 0.15) is 0 Å². The van der Waals surface area contributed by atoms with Crippen LogP contribution in [-0.4, -0.2) is 35.6 Å². The summed E-state index contributed by atoms with van der Waals surface area (Å²) in [4.78, 5) is 13.4. The minimum Gasteiger partial charge on any atom is -0.390 e. The van der Waals surface area contributed by atoms with E-state index in [1.165, 1.54) is 0 Å². The molecule has 1 aromatic rings. The van der Waals surface area contributed by atoms with Crippen LogP contribution in [0.5, 0.6) is 0 Å². The molecule has 1 aliphatic heterocycles. The molecule has 2 atom stereocenters. The molecule has 1 amide bonds. The number of amides is 1. The predicted octanol–water partition coefficient (Wildman–Crippen LogP) is 1.21. The van der Waals surface area contributed by atoms with Crippen molar-refractivity contribution in [3.8, 4) is 0 Å². The van der Waals surface area contributed by atoms with Gasteiger partial charge in [0.05, 0.1) is 12.0 Å². The number of aliphatic hydroxyl groups excluding tert-OH is 1. The van der Waals surface area contributed by atoms with Gasteiger partial charge in [-0.05, 0) is 34.2 Å². The second kappa shape index (κ2) is 4.09. The van der Waals surface area contributed by atoms with Gasteiger partial charge in [0, 0.05) is 17.2 Å². The van der Waals surface area contributed by atoms with Gasteiger partial charge in [-0.3, -0.25) is 4.79 Å². The number of benzene rings is 1. The van der Waals surface area contributed by atoms with Crippen LogP contribution < -0.4 is 0 Å². The van der Waals surface area contributed by atoms with Gasteiger partial charge in [-0.15, -0.1) is 0 Å². The Morgan fingerprint density at radius 2 is 2.13 bits per heavy atom. The SMILES string of the molecule is CN1CC(O)C(c2ccccc2I)C1=O. The molecule has 2 rings (SSSR count). The van der Waals surface area contributed by atoms with Crippen molar-refractivity contribution in [2.75, 3.05) is 13.6 Å². The highest BCUT2D eigenvalue weighted by atomic mass is 127. The summed E-state index contributed by atoms with van der Waals surface area (Å²) < 4.78 is 1.03. The van der Waals surface area contributed by atoms with E-state index in [1.807, 2.05) is 24.3 Å². The van der Waals surface area contributed by atoms with E-state index in [9.17, 15) is 9.90 Å². The molecule has 2 unspecified atom stereocenters. The second-order valence-corrected chi connectivity index (χ2v) is 4.95. The lowest BCUT2D eigenvalue weighted by atomic mass is 9.96. The van der Waals surface area contributed by atoms with Gasteiger partial charge in [-0.25, -0.2) is 0 Å². The van der Waals surface area contributed by atoms with Crippen LogP contribution in [0.3, 0.4) is 0 Å². The van der Waals surface area contributed by atoms with E-state index in [2.05, 4.69) is 22.6 Å². The van der Waals surface area contributed by atoms with E-state index < -0.39 is 6.10 Å². The quantitative estimate of drug-likeness (QED) is 0.791. The molecule has 4 heteroatoms. The number of hydrogen-bond acceptors (Lipinski definition) is 2. The number of β-amino-alcohol motifs (C(OH)–C–C–N with tert-alkyl or cyclic N) is 1. The highest BCUT2D eigenvalue weighted by Gasteiger charge is 2.39. The van der Waals surface area contributed by atoms with Crippen molar-refractivity contribution in [1.82, 2.24) is 4.90 Å². The van der Waals surface area contributed by atoms with Gasteiger partial charge >= 0.3 is 0 Å². The molecule has 15 heavy (non-hydrogen) atoms. The summed E-state index contributed by atoms with van der Waals surface area (Å²) in [5.41, 5.74) is 0.931. The van der Waals surface area contributed by atoms with Gasteiger partial charge in [-0.2, -0.15) is 0 Å². The number of nitrogens with zero attached hydrogens (tertiary/aromatic N) is 1. The van der Waals surface area contributed by atoms with Crippen molar-refractivity contribution < 1.29 is 9.90 Å². The number of hydrogen-bond donors (Lipinski definition) is 1. The highest BCUT2D eigenvalue weighted by Crippen LogP contribution is 2.30. The number of carbonyl (C=O) groups is 1. The summed E-state index contributed by atoms with van der Waals surface area (Å²) in [6.45, 7) is 0.425. The van der Waals surface area contributed by atoms with Gasteiger partial charge in [-0.1, -0.05) is 18.2 Å². The number of carbonyl (C=O) groups excluding carboxylic acids is 1. The summed E-state index contributed by atoms with van der Waals surface area (Å²) in [6, 6.07) is 7.69.